The first-order valence-electron chi connectivity index (χ1n) is 4.78. The first kappa shape index (κ1) is 12.0. The van der Waals surface area contributed by atoms with Gasteiger partial charge in [0, 0.05) is 6.42 Å². The second-order valence-corrected chi connectivity index (χ2v) is 4.30. The number of ketones is 1. The molecule has 0 aliphatic carbocycles. The molecule has 2 aromatic rings. The average Bonchev–Trinajstić information content (AvgIpc) is 2.70. The lowest BCUT2D eigenvalue weighted by atomic mass is 10.1. The van der Waals surface area contributed by atoms with E-state index in [0.717, 1.165) is 12.1 Å². The molecule has 1 aromatic heterocycles. The summed E-state index contributed by atoms with van der Waals surface area (Å²) < 4.78 is 31.2. The van der Waals surface area contributed by atoms with Gasteiger partial charge in [-0.3, -0.25) is 4.79 Å². The molecule has 0 saturated heterocycles. The molecule has 2 nitrogen and oxygen atoms in total. The summed E-state index contributed by atoms with van der Waals surface area (Å²) in [7, 11) is 0. The van der Waals surface area contributed by atoms with Crippen LogP contribution in [0.1, 0.15) is 16.1 Å². The van der Waals surface area contributed by atoms with Crippen LogP contribution in [0.5, 0.6) is 0 Å². The van der Waals surface area contributed by atoms with Crippen molar-refractivity contribution in [3.63, 3.8) is 0 Å². The zero-order valence-electron chi connectivity index (χ0n) is 8.54. The minimum Gasteiger partial charge on any atom is -0.460 e. The molecule has 1 heterocycles. The quantitative estimate of drug-likeness (QED) is 0.808. The fourth-order valence-electron chi connectivity index (χ4n) is 1.41. The molecule has 1 aromatic carbocycles. The zero-order chi connectivity index (χ0) is 12.4. The minimum atomic E-state index is -0.964. The molecule has 0 aliphatic heterocycles. The van der Waals surface area contributed by atoms with E-state index in [9.17, 15) is 13.6 Å². The van der Waals surface area contributed by atoms with Gasteiger partial charge in [-0.1, -0.05) is 6.07 Å². The van der Waals surface area contributed by atoms with Crippen LogP contribution in [-0.2, 0) is 6.42 Å². The minimum absolute atomic E-state index is 0.0384. The predicted octanol–water partition coefficient (Wildman–Crippen LogP) is 3.75. The number of rotatable bonds is 3. The number of carbonyl (C=O) groups excluding carboxylic acids is 1. The van der Waals surface area contributed by atoms with E-state index in [2.05, 4.69) is 15.9 Å². The fraction of sp³-hybridized carbons (Fsp3) is 0.0833. The largest absolute Gasteiger partial charge is 0.460 e. The molecule has 0 radical (unpaired) electrons. The number of furan rings is 1. The molecule has 88 valence electrons. The van der Waals surface area contributed by atoms with Gasteiger partial charge in [-0.05, 0) is 39.7 Å². The number of benzene rings is 1. The number of halogens is 3. The maximum Gasteiger partial charge on any atom is 0.203 e. The lowest BCUT2D eigenvalue weighted by Crippen LogP contribution is -2.03. The molecular formula is C12H7BrF2O2. The average molecular weight is 301 g/mol. The molecule has 0 spiro atoms. The zero-order valence-corrected chi connectivity index (χ0v) is 10.1. The molecule has 17 heavy (non-hydrogen) atoms. The summed E-state index contributed by atoms with van der Waals surface area (Å²) in [5, 5.41) is 0. The molecule has 2 rings (SSSR count). The van der Waals surface area contributed by atoms with Crippen LogP contribution in [0.4, 0.5) is 8.78 Å². The van der Waals surface area contributed by atoms with E-state index in [1.54, 1.807) is 6.07 Å². The highest BCUT2D eigenvalue weighted by Gasteiger charge is 2.15. The van der Waals surface area contributed by atoms with Crippen molar-refractivity contribution in [2.24, 2.45) is 0 Å². The molecule has 0 saturated carbocycles. The van der Waals surface area contributed by atoms with Gasteiger partial charge in [-0.25, -0.2) is 8.78 Å². The van der Waals surface area contributed by atoms with Crippen molar-refractivity contribution >= 4 is 21.7 Å². The van der Waals surface area contributed by atoms with E-state index >= 15 is 0 Å². The Morgan fingerprint density at radius 3 is 2.59 bits per heavy atom. The summed E-state index contributed by atoms with van der Waals surface area (Å²) >= 11 is 3.16. The van der Waals surface area contributed by atoms with Gasteiger partial charge in [0.25, 0.3) is 0 Å². The van der Waals surface area contributed by atoms with Gasteiger partial charge in [-0.15, -0.1) is 0 Å². The second-order valence-electron chi connectivity index (χ2n) is 3.45. The Kier molecular flexibility index (Phi) is 3.38. The van der Waals surface area contributed by atoms with Crippen LogP contribution >= 0.6 is 15.9 Å². The summed E-state index contributed by atoms with van der Waals surface area (Å²) in [5.74, 6) is -2.02. The molecule has 0 amide bonds. The summed E-state index contributed by atoms with van der Waals surface area (Å²) in [5.41, 5.74) is 0.400. The monoisotopic (exact) mass is 300 g/mol. The lowest BCUT2D eigenvalue weighted by Gasteiger charge is -2.00. The Balaban J connectivity index is 2.19. The highest BCUT2D eigenvalue weighted by molar-refractivity contribution is 9.10. The third-order valence-corrected chi connectivity index (χ3v) is 2.84. The molecule has 0 N–H and O–H groups in total. The van der Waals surface area contributed by atoms with Gasteiger partial charge < -0.3 is 4.42 Å². The normalized spacial score (nSPS) is 10.5. The Bertz CT molecular complexity index is 563. The molecule has 0 bridgehead atoms. The Morgan fingerprint density at radius 2 is 2.00 bits per heavy atom. The van der Waals surface area contributed by atoms with Crippen LogP contribution in [0, 0.1) is 11.6 Å². The van der Waals surface area contributed by atoms with Gasteiger partial charge in [0.05, 0.1) is 10.7 Å². The van der Waals surface area contributed by atoms with Crippen molar-refractivity contribution in [1.29, 1.82) is 0 Å². The Hall–Kier alpha value is -1.49. The highest BCUT2D eigenvalue weighted by atomic mass is 79.9. The van der Waals surface area contributed by atoms with E-state index in [4.69, 9.17) is 4.42 Å². The van der Waals surface area contributed by atoms with Crippen molar-refractivity contribution in [2.75, 3.05) is 0 Å². The fourth-order valence-corrected chi connectivity index (χ4v) is 1.83. The molecule has 0 aliphatic rings. The van der Waals surface area contributed by atoms with Gasteiger partial charge >= 0.3 is 0 Å². The standard InChI is InChI=1S/C12H7BrF2O2/c13-8-3-4-17-12(8)11(16)6-7-1-2-9(14)10(15)5-7/h1-5H,6H2. The molecule has 5 heteroatoms. The van der Waals surface area contributed by atoms with E-state index in [1.165, 1.54) is 12.3 Å². The number of hydrogen-bond acceptors (Lipinski definition) is 2. The van der Waals surface area contributed by atoms with E-state index in [-0.39, 0.29) is 18.0 Å². The second kappa shape index (κ2) is 4.79. The van der Waals surface area contributed by atoms with Crippen LogP contribution < -0.4 is 0 Å². The van der Waals surface area contributed by atoms with Gasteiger partial charge in [0.2, 0.25) is 5.78 Å². The topological polar surface area (TPSA) is 30.2 Å². The van der Waals surface area contributed by atoms with Crippen molar-refractivity contribution in [3.05, 3.63) is 58.0 Å². The smallest absolute Gasteiger partial charge is 0.203 e. The van der Waals surface area contributed by atoms with Gasteiger partial charge in [-0.2, -0.15) is 0 Å². The Morgan fingerprint density at radius 1 is 1.24 bits per heavy atom. The van der Waals surface area contributed by atoms with E-state index < -0.39 is 11.6 Å². The summed E-state index contributed by atoms with van der Waals surface area (Å²) in [6, 6.07) is 4.96. The summed E-state index contributed by atoms with van der Waals surface area (Å²) in [6.07, 6.45) is 1.34. The number of hydrogen-bond donors (Lipinski definition) is 0. The third-order valence-electron chi connectivity index (χ3n) is 2.22. The number of Topliss-reactive ketones (excluding diaryl/α,β-unsaturated/α-hetero) is 1. The van der Waals surface area contributed by atoms with Crippen LogP contribution in [0.25, 0.3) is 0 Å². The number of carbonyl (C=O) groups is 1. The van der Waals surface area contributed by atoms with Gasteiger partial charge in [0.15, 0.2) is 17.4 Å². The molecular weight excluding hydrogens is 294 g/mol. The molecule has 0 atom stereocenters. The first-order chi connectivity index (χ1) is 8.08. The van der Waals surface area contributed by atoms with Crippen LogP contribution in [0.2, 0.25) is 0 Å². The SMILES string of the molecule is O=C(Cc1ccc(F)c(F)c1)c1occc1Br. The van der Waals surface area contributed by atoms with Crippen molar-refractivity contribution in [3.8, 4) is 0 Å². The molecule has 0 unspecified atom stereocenters. The lowest BCUT2D eigenvalue weighted by molar-refractivity contribution is 0.0965. The molecule has 0 fully saturated rings. The van der Waals surface area contributed by atoms with Crippen molar-refractivity contribution < 1.29 is 18.0 Å². The van der Waals surface area contributed by atoms with E-state index in [0.29, 0.717) is 10.0 Å². The van der Waals surface area contributed by atoms with Gasteiger partial charge in [0.1, 0.15) is 0 Å². The van der Waals surface area contributed by atoms with Crippen molar-refractivity contribution in [2.45, 2.75) is 6.42 Å². The van der Waals surface area contributed by atoms with Crippen LogP contribution in [-0.4, -0.2) is 5.78 Å². The summed E-state index contributed by atoms with van der Waals surface area (Å²) in [6.45, 7) is 0. The van der Waals surface area contributed by atoms with E-state index in [1.807, 2.05) is 0 Å². The highest BCUT2D eigenvalue weighted by Crippen LogP contribution is 2.20. The third kappa shape index (κ3) is 2.61. The first-order valence-corrected chi connectivity index (χ1v) is 5.57. The predicted molar refractivity (Wildman–Crippen MR) is 60.8 cm³/mol. The van der Waals surface area contributed by atoms with Crippen LogP contribution in [0.3, 0.4) is 0 Å². The summed E-state index contributed by atoms with van der Waals surface area (Å²) in [4.78, 5) is 11.8. The van der Waals surface area contributed by atoms with Crippen LogP contribution in [0.15, 0.2) is 39.4 Å². The maximum absolute atomic E-state index is 12.9. The maximum atomic E-state index is 12.9. The van der Waals surface area contributed by atoms with Crippen molar-refractivity contribution in [1.82, 2.24) is 0 Å². The Labute approximate surface area is 104 Å².